The third-order valence-corrected chi connectivity index (χ3v) is 13.2. The molecule has 0 unspecified atom stereocenters. The van der Waals surface area contributed by atoms with Gasteiger partial charge in [0.2, 0.25) is 0 Å². The number of hydrogen-bond donors (Lipinski definition) is 0. The van der Waals surface area contributed by atoms with Gasteiger partial charge in [0, 0.05) is 42.2 Å². The van der Waals surface area contributed by atoms with Gasteiger partial charge in [0.1, 0.15) is 11.2 Å². The number of benzene rings is 10. The van der Waals surface area contributed by atoms with Gasteiger partial charge in [0.15, 0.2) is 0 Å². The van der Waals surface area contributed by atoms with E-state index in [0.29, 0.717) is 0 Å². The van der Waals surface area contributed by atoms with Gasteiger partial charge >= 0.3 is 0 Å². The van der Waals surface area contributed by atoms with Crippen LogP contribution >= 0.6 is 11.3 Å². The van der Waals surface area contributed by atoms with E-state index < -0.39 is 0 Å². The van der Waals surface area contributed by atoms with E-state index in [1.807, 2.05) is 11.3 Å². The standard InChI is InChI=1S/C58H37NOS/c1-3-14-39(15-4-1)45-33-29-42(36-51(45)40-16-5-2-6-17-40)38-26-31-44(32-27-38)59(53-23-13-24-54-57(53)50-35-28-41-18-7-8-20-47(41)58(50)60-54)52-22-11-9-19-46(52)43-30-34-49-48-21-10-12-25-55(48)61-56(49)37-43/h1-37H. The summed E-state index contributed by atoms with van der Waals surface area (Å²) < 4.78 is 9.35. The maximum atomic E-state index is 6.76. The first-order valence-corrected chi connectivity index (χ1v) is 21.6. The Balaban J connectivity index is 1.04. The molecule has 0 fully saturated rings. The number of anilines is 3. The number of furan rings is 1. The minimum absolute atomic E-state index is 0.863. The van der Waals surface area contributed by atoms with Gasteiger partial charge in [0.05, 0.1) is 16.8 Å². The summed E-state index contributed by atoms with van der Waals surface area (Å²) in [4.78, 5) is 2.43. The van der Waals surface area contributed by atoms with E-state index >= 15 is 0 Å². The summed E-state index contributed by atoms with van der Waals surface area (Å²) in [6.45, 7) is 0. The van der Waals surface area contributed by atoms with Crippen molar-refractivity contribution in [3.63, 3.8) is 0 Å². The summed E-state index contributed by atoms with van der Waals surface area (Å²) in [5.41, 5.74) is 14.5. The van der Waals surface area contributed by atoms with Crippen molar-refractivity contribution in [2.75, 3.05) is 4.90 Å². The van der Waals surface area contributed by atoms with E-state index in [1.54, 1.807) is 0 Å². The largest absolute Gasteiger partial charge is 0.455 e. The molecule has 0 aliphatic carbocycles. The molecule has 0 saturated heterocycles. The Morgan fingerprint density at radius 2 is 0.984 bits per heavy atom. The van der Waals surface area contributed by atoms with Crippen molar-refractivity contribution in [3.8, 4) is 44.5 Å². The maximum Gasteiger partial charge on any atom is 0.143 e. The molecule has 61 heavy (non-hydrogen) atoms. The number of fused-ring (bicyclic) bond motifs is 8. The van der Waals surface area contributed by atoms with Crippen LogP contribution in [0, 0.1) is 0 Å². The van der Waals surface area contributed by atoms with E-state index in [2.05, 4.69) is 229 Å². The van der Waals surface area contributed by atoms with E-state index in [-0.39, 0.29) is 0 Å². The Bertz CT molecular complexity index is 3580. The fourth-order valence-corrected chi connectivity index (χ4v) is 10.3. The molecule has 10 aromatic carbocycles. The molecule has 0 radical (unpaired) electrons. The topological polar surface area (TPSA) is 16.4 Å². The smallest absolute Gasteiger partial charge is 0.143 e. The van der Waals surface area contributed by atoms with Gasteiger partial charge in [-0.2, -0.15) is 0 Å². The molecule has 12 aromatic rings. The summed E-state index contributed by atoms with van der Waals surface area (Å²) in [5, 5.41) is 7.07. The second kappa shape index (κ2) is 14.5. The van der Waals surface area contributed by atoms with Crippen molar-refractivity contribution in [3.05, 3.63) is 224 Å². The normalized spacial score (nSPS) is 11.6. The van der Waals surface area contributed by atoms with Crippen LogP contribution in [0.25, 0.3) is 97.4 Å². The fourth-order valence-electron chi connectivity index (χ4n) is 9.19. The monoisotopic (exact) mass is 795 g/mol. The lowest BCUT2D eigenvalue weighted by Gasteiger charge is -2.28. The molecule has 0 atom stereocenters. The third-order valence-electron chi connectivity index (χ3n) is 12.1. The highest BCUT2D eigenvalue weighted by Gasteiger charge is 2.23. The third kappa shape index (κ3) is 6.01. The van der Waals surface area contributed by atoms with Crippen molar-refractivity contribution in [2.45, 2.75) is 0 Å². The molecule has 0 amide bonds. The Morgan fingerprint density at radius 1 is 0.344 bits per heavy atom. The molecule has 2 aromatic heterocycles. The van der Waals surface area contributed by atoms with Crippen molar-refractivity contribution < 1.29 is 4.42 Å². The molecule has 0 saturated carbocycles. The van der Waals surface area contributed by atoms with Gasteiger partial charge in [-0.25, -0.2) is 0 Å². The van der Waals surface area contributed by atoms with Gasteiger partial charge < -0.3 is 9.32 Å². The Hall–Kier alpha value is -7.72. The first kappa shape index (κ1) is 35.2. The van der Waals surface area contributed by atoms with E-state index in [9.17, 15) is 0 Å². The van der Waals surface area contributed by atoms with Gasteiger partial charge in [-0.1, -0.05) is 170 Å². The molecular formula is C58H37NOS. The first-order chi connectivity index (χ1) is 30.2. The molecule has 3 heteroatoms. The fraction of sp³-hybridized carbons (Fsp3) is 0. The molecule has 0 bridgehead atoms. The van der Waals surface area contributed by atoms with Crippen LogP contribution in [0.1, 0.15) is 0 Å². The van der Waals surface area contributed by atoms with Crippen LogP contribution in [0.3, 0.4) is 0 Å². The molecule has 12 rings (SSSR count). The van der Waals surface area contributed by atoms with Crippen molar-refractivity contribution in [1.82, 2.24) is 0 Å². The van der Waals surface area contributed by atoms with Gasteiger partial charge in [-0.3, -0.25) is 0 Å². The van der Waals surface area contributed by atoms with Gasteiger partial charge in [-0.15, -0.1) is 11.3 Å². The second-order valence-electron chi connectivity index (χ2n) is 15.6. The van der Waals surface area contributed by atoms with Crippen LogP contribution < -0.4 is 4.90 Å². The summed E-state index contributed by atoms with van der Waals surface area (Å²) in [5.74, 6) is 0. The predicted octanol–water partition coefficient (Wildman–Crippen LogP) is 17.2. The van der Waals surface area contributed by atoms with Crippen LogP contribution in [0.15, 0.2) is 229 Å². The minimum Gasteiger partial charge on any atom is -0.455 e. The number of rotatable bonds is 7. The molecule has 0 aliphatic rings. The molecular weight excluding hydrogens is 759 g/mol. The van der Waals surface area contributed by atoms with Gasteiger partial charge in [-0.05, 0) is 98.9 Å². The Morgan fingerprint density at radius 3 is 1.82 bits per heavy atom. The zero-order chi connectivity index (χ0) is 40.3. The van der Waals surface area contributed by atoms with Crippen LogP contribution in [0.4, 0.5) is 17.1 Å². The number of nitrogens with zero attached hydrogens (tertiary/aromatic N) is 1. The number of thiophene rings is 1. The zero-order valence-corrected chi connectivity index (χ0v) is 33.9. The van der Waals surface area contributed by atoms with Crippen molar-refractivity contribution >= 4 is 81.3 Å². The van der Waals surface area contributed by atoms with Crippen molar-refractivity contribution in [1.29, 1.82) is 0 Å². The van der Waals surface area contributed by atoms with E-state index in [0.717, 1.165) is 60.9 Å². The van der Waals surface area contributed by atoms with Crippen LogP contribution in [0.2, 0.25) is 0 Å². The van der Waals surface area contributed by atoms with Crippen LogP contribution in [-0.4, -0.2) is 0 Å². The number of para-hydroxylation sites is 1. The van der Waals surface area contributed by atoms with Crippen molar-refractivity contribution in [2.24, 2.45) is 0 Å². The maximum absolute atomic E-state index is 6.76. The molecule has 2 nitrogen and oxygen atoms in total. The van der Waals surface area contributed by atoms with Crippen LogP contribution in [0.5, 0.6) is 0 Å². The van der Waals surface area contributed by atoms with E-state index in [1.165, 1.54) is 53.6 Å². The lowest BCUT2D eigenvalue weighted by Crippen LogP contribution is -2.11. The predicted molar refractivity (Wildman–Crippen MR) is 261 cm³/mol. The quantitative estimate of drug-likeness (QED) is 0.160. The minimum atomic E-state index is 0.863. The van der Waals surface area contributed by atoms with E-state index in [4.69, 9.17) is 4.42 Å². The van der Waals surface area contributed by atoms with Gasteiger partial charge in [0.25, 0.3) is 0 Å². The molecule has 0 aliphatic heterocycles. The summed E-state index contributed by atoms with van der Waals surface area (Å²) in [7, 11) is 0. The summed E-state index contributed by atoms with van der Waals surface area (Å²) >= 11 is 1.86. The average Bonchev–Trinajstić information content (AvgIpc) is 3.91. The SMILES string of the molecule is c1ccc(-c2ccc(-c3ccc(N(c4ccccc4-c4ccc5c(c4)sc4ccccc45)c4cccc5oc6c7ccccc7ccc6c45)cc3)cc2-c2ccccc2)cc1. The summed E-state index contributed by atoms with van der Waals surface area (Å²) in [6, 6.07) is 81.1. The first-order valence-electron chi connectivity index (χ1n) is 20.7. The lowest BCUT2D eigenvalue weighted by molar-refractivity contribution is 0.672. The average molecular weight is 796 g/mol. The highest BCUT2D eigenvalue weighted by molar-refractivity contribution is 7.25. The lowest BCUT2D eigenvalue weighted by atomic mass is 9.91. The molecule has 0 N–H and O–H groups in total. The molecule has 0 spiro atoms. The van der Waals surface area contributed by atoms with Crippen LogP contribution in [-0.2, 0) is 0 Å². The highest BCUT2D eigenvalue weighted by atomic mass is 32.1. The molecule has 2 heterocycles. The Kier molecular flexibility index (Phi) is 8.39. The second-order valence-corrected chi connectivity index (χ2v) is 16.7. The zero-order valence-electron chi connectivity index (χ0n) is 33.1. The highest BCUT2D eigenvalue weighted by Crippen LogP contribution is 2.48. The molecule has 286 valence electrons. The number of hydrogen-bond acceptors (Lipinski definition) is 3. The Labute approximate surface area is 357 Å². The summed E-state index contributed by atoms with van der Waals surface area (Å²) in [6.07, 6.45) is 0.